The number of carboxylic acids is 1. The molecule has 1 N–H and O–H groups in total. The van der Waals surface area contributed by atoms with Crippen molar-refractivity contribution in [3.8, 4) is 6.07 Å². The van der Waals surface area contributed by atoms with Crippen LogP contribution in [0.5, 0.6) is 0 Å². The highest BCUT2D eigenvalue weighted by Crippen LogP contribution is 2.29. The summed E-state index contributed by atoms with van der Waals surface area (Å²) >= 11 is 0. The summed E-state index contributed by atoms with van der Waals surface area (Å²) in [5, 5.41) is 18.0. The second-order valence-corrected chi connectivity index (χ2v) is 5.45. The van der Waals surface area contributed by atoms with Gasteiger partial charge in [0.25, 0.3) is 0 Å². The average molecular weight is 284 g/mol. The Morgan fingerprint density at radius 1 is 1.57 bits per heavy atom. The van der Waals surface area contributed by atoms with E-state index >= 15 is 0 Å². The number of hydrogen-bond acceptors (Lipinski definition) is 3. The van der Waals surface area contributed by atoms with Gasteiger partial charge in [-0.15, -0.1) is 0 Å². The van der Waals surface area contributed by atoms with Crippen molar-refractivity contribution < 1.29 is 9.90 Å². The minimum atomic E-state index is -0.987. The van der Waals surface area contributed by atoms with Crippen LogP contribution >= 0.6 is 0 Å². The predicted octanol–water partition coefficient (Wildman–Crippen LogP) is 3.28. The molecular weight excluding hydrogens is 264 g/mol. The minimum Gasteiger partial charge on any atom is -0.478 e. The summed E-state index contributed by atoms with van der Waals surface area (Å²) in [5.74, 6) is -0.271. The Hall–Kier alpha value is -2.28. The van der Waals surface area contributed by atoms with Crippen molar-refractivity contribution in [1.82, 2.24) is 0 Å². The average Bonchev–Trinajstić information content (AvgIpc) is 2.93. The van der Waals surface area contributed by atoms with E-state index in [1.807, 2.05) is 12.1 Å². The zero-order chi connectivity index (χ0) is 15.2. The highest BCUT2D eigenvalue weighted by atomic mass is 16.4. The smallest absolute Gasteiger partial charge is 0.328 e. The number of carboxylic acid groups (broad SMARTS) is 1. The van der Waals surface area contributed by atoms with E-state index in [1.54, 1.807) is 6.07 Å². The molecule has 1 aromatic rings. The van der Waals surface area contributed by atoms with E-state index in [0.717, 1.165) is 30.4 Å². The second kappa shape index (κ2) is 6.94. The molecule has 1 aliphatic rings. The Morgan fingerprint density at radius 2 is 2.38 bits per heavy atom. The molecule has 0 bridgehead atoms. The normalized spacial score (nSPS) is 18.1. The van der Waals surface area contributed by atoms with Gasteiger partial charge in [-0.25, -0.2) is 4.79 Å². The SMILES string of the molecule is CCCC1CCN(c2ccc(/C=C/C(=O)O)cc2C#N)C1. The summed E-state index contributed by atoms with van der Waals surface area (Å²) in [4.78, 5) is 12.8. The molecule has 0 aliphatic carbocycles. The lowest BCUT2D eigenvalue weighted by Gasteiger charge is -2.20. The third-order valence-corrected chi connectivity index (χ3v) is 3.88. The van der Waals surface area contributed by atoms with Gasteiger partial charge >= 0.3 is 5.97 Å². The molecule has 1 unspecified atom stereocenters. The third kappa shape index (κ3) is 3.85. The molecule has 0 saturated carbocycles. The van der Waals surface area contributed by atoms with Crippen molar-refractivity contribution in [3.63, 3.8) is 0 Å². The Labute approximate surface area is 125 Å². The van der Waals surface area contributed by atoms with Crippen molar-refractivity contribution in [2.45, 2.75) is 26.2 Å². The molecule has 1 aliphatic heterocycles. The van der Waals surface area contributed by atoms with E-state index in [9.17, 15) is 10.1 Å². The maximum atomic E-state index is 10.5. The van der Waals surface area contributed by atoms with Gasteiger partial charge in [-0.2, -0.15) is 5.26 Å². The summed E-state index contributed by atoms with van der Waals surface area (Å²) in [6, 6.07) is 7.77. The van der Waals surface area contributed by atoms with E-state index in [1.165, 1.54) is 25.3 Å². The van der Waals surface area contributed by atoms with Gasteiger partial charge in [0.05, 0.1) is 11.3 Å². The fraction of sp³-hybridized carbons (Fsp3) is 0.412. The third-order valence-electron chi connectivity index (χ3n) is 3.88. The van der Waals surface area contributed by atoms with Gasteiger partial charge in [0.1, 0.15) is 6.07 Å². The van der Waals surface area contributed by atoms with Gasteiger partial charge in [0.2, 0.25) is 0 Å². The van der Waals surface area contributed by atoms with Crippen molar-refractivity contribution >= 4 is 17.7 Å². The van der Waals surface area contributed by atoms with Crippen LogP contribution < -0.4 is 4.90 Å². The van der Waals surface area contributed by atoms with Crippen molar-refractivity contribution in [3.05, 3.63) is 35.4 Å². The first-order valence-corrected chi connectivity index (χ1v) is 7.34. The molecule has 1 atom stereocenters. The quantitative estimate of drug-likeness (QED) is 0.843. The van der Waals surface area contributed by atoms with Gasteiger partial charge in [-0.1, -0.05) is 19.4 Å². The Kier molecular flexibility index (Phi) is 4.99. The predicted molar refractivity (Wildman–Crippen MR) is 83.1 cm³/mol. The molecule has 4 nitrogen and oxygen atoms in total. The molecule has 1 saturated heterocycles. The van der Waals surface area contributed by atoms with Gasteiger partial charge in [-0.05, 0) is 42.5 Å². The maximum absolute atomic E-state index is 10.5. The molecule has 21 heavy (non-hydrogen) atoms. The molecule has 4 heteroatoms. The second-order valence-electron chi connectivity index (χ2n) is 5.45. The number of nitriles is 1. The van der Waals surface area contributed by atoms with Crippen LogP contribution in [0.4, 0.5) is 5.69 Å². The first kappa shape index (κ1) is 15.1. The maximum Gasteiger partial charge on any atom is 0.328 e. The van der Waals surface area contributed by atoms with E-state index in [2.05, 4.69) is 17.9 Å². The molecule has 0 spiro atoms. The van der Waals surface area contributed by atoms with Crippen LogP contribution in [0.2, 0.25) is 0 Å². The lowest BCUT2D eigenvalue weighted by atomic mass is 10.0. The number of aliphatic carboxylic acids is 1. The number of nitrogens with zero attached hydrogens (tertiary/aromatic N) is 2. The summed E-state index contributed by atoms with van der Waals surface area (Å²) in [5.41, 5.74) is 2.31. The zero-order valence-corrected chi connectivity index (χ0v) is 12.2. The molecule has 110 valence electrons. The molecule has 0 radical (unpaired) electrons. The van der Waals surface area contributed by atoms with Crippen LogP contribution in [0.15, 0.2) is 24.3 Å². The molecule has 1 fully saturated rings. The summed E-state index contributed by atoms with van der Waals surface area (Å²) in [6.45, 7) is 4.20. The largest absolute Gasteiger partial charge is 0.478 e. The van der Waals surface area contributed by atoms with Crippen LogP contribution in [-0.4, -0.2) is 24.2 Å². The van der Waals surface area contributed by atoms with Crippen LogP contribution in [0, 0.1) is 17.2 Å². The van der Waals surface area contributed by atoms with Gasteiger partial charge in [0.15, 0.2) is 0 Å². The topological polar surface area (TPSA) is 64.3 Å². The number of rotatable bonds is 5. The van der Waals surface area contributed by atoms with Crippen LogP contribution in [0.1, 0.15) is 37.3 Å². The van der Waals surface area contributed by atoms with Crippen molar-refractivity contribution in [1.29, 1.82) is 5.26 Å². The zero-order valence-electron chi connectivity index (χ0n) is 12.2. The van der Waals surface area contributed by atoms with Crippen LogP contribution in [0.3, 0.4) is 0 Å². The molecular formula is C17H20N2O2. The van der Waals surface area contributed by atoms with Crippen molar-refractivity contribution in [2.24, 2.45) is 5.92 Å². The molecule has 1 aromatic carbocycles. The molecule has 0 amide bonds. The lowest BCUT2D eigenvalue weighted by Crippen LogP contribution is -2.20. The van der Waals surface area contributed by atoms with Gasteiger partial charge in [-0.3, -0.25) is 0 Å². The van der Waals surface area contributed by atoms with Crippen molar-refractivity contribution in [2.75, 3.05) is 18.0 Å². The van der Waals surface area contributed by atoms with E-state index in [4.69, 9.17) is 5.11 Å². The Morgan fingerprint density at radius 3 is 3.05 bits per heavy atom. The molecule has 0 aromatic heterocycles. The fourth-order valence-electron chi connectivity index (χ4n) is 2.89. The number of carbonyl (C=O) groups is 1. The number of anilines is 1. The summed E-state index contributed by atoms with van der Waals surface area (Å²) in [7, 11) is 0. The van der Waals surface area contributed by atoms with E-state index < -0.39 is 5.97 Å². The molecule has 2 rings (SSSR count). The first-order valence-electron chi connectivity index (χ1n) is 7.34. The number of benzene rings is 1. The highest BCUT2D eigenvalue weighted by molar-refractivity contribution is 5.85. The van der Waals surface area contributed by atoms with E-state index in [-0.39, 0.29) is 0 Å². The number of hydrogen-bond donors (Lipinski definition) is 1. The lowest BCUT2D eigenvalue weighted by molar-refractivity contribution is -0.131. The highest BCUT2D eigenvalue weighted by Gasteiger charge is 2.23. The Balaban J connectivity index is 2.18. The minimum absolute atomic E-state index is 0.611. The summed E-state index contributed by atoms with van der Waals surface area (Å²) in [6.07, 6.45) is 6.21. The molecule has 1 heterocycles. The van der Waals surface area contributed by atoms with E-state index in [0.29, 0.717) is 11.5 Å². The monoisotopic (exact) mass is 284 g/mol. The summed E-state index contributed by atoms with van der Waals surface area (Å²) < 4.78 is 0. The Bertz CT molecular complexity index is 587. The van der Waals surface area contributed by atoms with Crippen LogP contribution in [-0.2, 0) is 4.79 Å². The first-order chi connectivity index (χ1) is 10.1. The standard InChI is InChI=1S/C17H20N2O2/c1-2-3-14-8-9-19(12-14)16-6-4-13(5-7-17(20)21)10-15(16)11-18/h4-7,10,14H,2-3,8-9,12H2,1H3,(H,20,21)/b7-5+. The fourth-order valence-corrected chi connectivity index (χ4v) is 2.89. The van der Waals surface area contributed by atoms with Gasteiger partial charge < -0.3 is 10.0 Å². The van der Waals surface area contributed by atoms with Crippen LogP contribution in [0.25, 0.3) is 6.08 Å². The van der Waals surface area contributed by atoms with Gasteiger partial charge in [0, 0.05) is 19.2 Å².